The van der Waals surface area contributed by atoms with Crippen LogP contribution < -0.4 is 4.74 Å². The Morgan fingerprint density at radius 2 is 2.08 bits per heavy atom. The molecule has 24 heavy (non-hydrogen) atoms. The molecular weight excluding hydrogens is 340 g/mol. The molecule has 0 saturated heterocycles. The van der Waals surface area contributed by atoms with Gasteiger partial charge in [0.05, 0.1) is 18.3 Å². The van der Waals surface area contributed by atoms with Gasteiger partial charge in [0, 0.05) is 18.7 Å². The van der Waals surface area contributed by atoms with Crippen LogP contribution >= 0.6 is 11.6 Å². The minimum Gasteiger partial charge on any atom is -0.434 e. The molecule has 0 fully saturated rings. The summed E-state index contributed by atoms with van der Waals surface area (Å²) in [6, 6.07) is 8.31. The van der Waals surface area contributed by atoms with Gasteiger partial charge in [0.2, 0.25) is 0 Å². The molecule has 8 heteroatoms. The molecular formula is C16H14ClF2N3O2. The molecule has 0 unspecified atom stereocenters. The van der Waals surface area contributed by atoms with Gasteiger partial charge in [0.25, 0.3) is 0 Å². The van der Waals surface area contributed by atoms with Gasteiger partial charge in [-0.15, -0.1) is 0 Å². The van der Waals surface area contributed by atoms with Gasteiger partial charge in [-0.05, 0) is 6.07 Å². The molecule has 0 spiro atoms. The number of nitrogens with zero attached hydrogens (tertiary/aromatic N) is 3. The second-order valence-electron chi connectivity index (χ2n) is 5.03. The predicted octanol–water partition coefficient (Wildman–Crippen LogP) is 3.88. The van der Waals surface area contributed by atoms with Crippen LogP contribution in [0.3, 0.4) is 0 Å². The fourth-order valence-electron chi connectivity index (χ4n) is 2.49. The maximum atomic E-state index is 12.6. The molecule has 2 aromatic heterocycles. The van der Waals surface area contributed by atoms with E-state index < -0.39 is 6.61 Å². The largest absolute Gasteiger partial charge is 0.434 e. The summed E-state index contributed by atoms with van der Waals surface area (Å²) >= 11 is 5.97. The normalized spacial score (nSPS) is 11.4. The maximum absolute atomic E-state index is 12.6. The van der Waals surface area contributed by atoms with Gasteiger partial charge in [-0.25, -0.2) is 9.97 Å². The molecule has 5 nitrogen and oxygen atoms in total. The summed E-state index contributed by atoms with van der Waals surface area (Å²) in [5.41, 5.74) is 2.00. The fraction of sp³-hybridized carbons (Fsp3) is 0.250. The molecule has 1 aromatic carbocycles. The first kappa shape index (κ1) is 16.6. The zero-order valence-electron chi connectivity index (χ0n) is 12.7. The highest BCUT2D eigenvalue weighted by Gasteiger charge is 2.15. The van der Waals surface area contributed by atoms with Crippen LogP contribution in [0, 0.1) is 0 Å². The van der Waals surface area contributed by atoms with E-state index in [1.165, 1.54) is 6.07 Å². The third kappa shape index (κ3) is 3.47. The van der Waals surface area contributed by atoms with E-state index in [0.717, 1.165) is 5.52 Å². The van der Waals surface area contributed by atoms with Crippen molar-refractivity contribution < 1.29 is 18.3 Å². The Labute approximate surface area is 141 Å². The second-order valence-corrected chi connectivity index (χ2v) is 5.42. The maximum Gasteiger partial charge on any atom is 0.387 e. The summed E-state index contributed by atoms with van der Waals surface area (Å²) < 4.78 is 36.8. The van der Waals surface area contributed by atoms with Crippen LogP contribution in [0.25, 0.3) is 11.0 Å². The number of methoxy groups -OCH3 is 1. The van der Waals surface area contributed by atoms with Crippen molar-refractivity contribution in [2.75, 3.05) is 7.11 Å². The number of alkyl halides is 2. The van der Waals surface area contributed by atoms with Crippen LogP contribution in [0.1, 0.15) is 11.4 Å². The Morgan fingerprint density at radius 3 is 2.83 bits per heavy atom. The summed E-state index contributed by atoms with van der Waals surface area (Å²) in [7, 11) is 1.56. The van der Waals surface area contributed by atoms with E-state index in [9.17, 15) is 8.78 Å². The van der Waals surface area contributed by atoms with E-state index in [2.05, 4.69) is 14.7 Å². The topological polar surface area (TPSA) is 49.2 Å². The Kier molecular flexibility index (Phi) is 4.92. The van der Waals surface area contributed by atoms with Crippen molar-refractivity contribution in [3.8, 4) is 5.75 Å². The number of imidazole rings is 1. The van der Waals surface area contributed by atoms with E-state index in [1.807, 2.05) is 4.57 Å². The molecule has 0 aliphatic rings. The van der Waals surface area contributed by atoms with Gasteiger partial charge < -0.3 is 14.0 Å². The highest BCUT2D eigenvalue weighted by molar-refractivity contribution is 6.29. The minimum absolute atomic E-state index is 0.123. The molecule has 3 aromatic rings. The highest BCUT2D eigenvalue weighted by atomic mass is 35.5. The van der Waals surface area contributed by atoms with E-state index in [-0.39, 0.29) is 12.4 Å². The van der Waals surface area contributed by atoms with Crippen LogP contribution in [0.15, 0.2) is 36.5 Å². The van der Waals surface area contributed by atoms with Crippen LogP contribution in [0.4, 0.5) is 8.78 Å². The first-order chi connectivity index (χ1) is 11.6. The molecule has 3 rings (SSSR count). The van der Waals surface area contributed by atoms with Crippen molar-refractivity contribution in [3.05, 3.63) is 53.1 Å². The van der Waals surface area contributed by atoms with Crippen LogP contribution in [0.2, 0.25) is 5.15 Å². The third-order valence-electron chi connectivity index (χ3n) is 3.47. The number of hydrogen-bond acceptors (Lipinski definition) is 4. The van der Waals surface area contributed by atoms with Gasteiger partial charge in [-0.3, -0.25) is 0 Å². The number of ether oxygens (including phenoxy) is 2. The average Bonchev–Trinajstić information content (AvgIpc) is 2.86. The number of fused-ring (bicyclic) bond motifs is 1. The number of hydrogen-bond donors (Lipinski definition) is 0. The Hall–Kier alpha value is -2.25. The van der Waals surface area contributed by atoms with Crippen molar-refractivity contribution in [1.82, 2.24) is 14.5 Å². The first-order valence-electron chi connectivity index (χ1n) is 7.11. The molecule has 126 valence electrons. The van der Waals surface area contributed by atoms with Gasteiger partial charge in [-0.2, -0.15) is 8.78 Å². The zero-order chi connectivity index (χ0) is 17.1. The Morgan fingerprint density at radius 1 is 1.29 bits per heavy atom. The number of benzene rings is 1. The summed E-state index contributed by atoms with van der Waals surface area (Å²) in [6.45, 7) is -2.33. The predicted molar refractivity (Wildman–Crippen MR) is 85.4 cm³/mol. The lowest BCUT2D eigenvalue weighted by atomic mass is 10.2. The van der Waals surface area contributed by atoms with Crippen molar-refractivity contribution >= 4 is 22.6 Å². The summed E-state index contributed by atoms with van der Waals surface area (Å²) in [5, 5.41) is 0.324. The van der Waals surface area contributed by atoms with Crippen LogP contribution in [0.5, 0.6) is 5.75 Å². The SMILES string of the molecule is COCc1nc2cnc(Cl)cc2n1Cc1ccccc1OC(F)F. The van der Waals surface area contributed by atoms with Gasteiger partial charge >= 0.3 is 6.61 Å². The monoisotopic (exact) mass is 353 g/mol. The summed E-state index contributed by atoms with van der Waals surface area (Å²) in [4.78, 5) is 8.47. The van der Waals surface area contributed by atoms with E-state index in [1.54, 1.807) is 37.6 Å². The smallest absolute Gasteiger partial charge is 0.387 e. The van der Waals surface area contributed by atoms with Crippen molar-refractivity contribution in [2.24, 2.45) is 0 Å². The molecule has 0 amide bonds. The van der Waals surface area contributed by atoms with Crippen molar-refractivity contribution in [2.45, 2.75) is 19.8 Å². The van der Waals surface area contributed by atoms with Crippen LogP contribution in [-0.2, 0) is 17.9 Å². The first-order valence-corrected chi connectivity index (χ1v) is 7.48. The van der Waals surface area contributed by atoms with E-state index >= 15 is 0 Å². The minimum atomic E-state index is -2.89. The highest BCUT2D eigenvalue weighted by Crippen LogP contribution is 2.25. The Balaban J connectivity index is 2.06. The lowest BCUT2D eigenvalue weighted by Crippen LogP contribution is -2.09. The molecule has 0 bridgehead atoms. The van der Waals surface area contributed by atoms with Gasteiger partial charge in [0.1, 0.15) is 28.9 Å². The summed E-state index contributed by atoms with van der Waals surface area (Å²) in [6.07, 6.45) is 1.56. The van der Waals surface area contributed by atoms with Gasteiger partial charge in [-0.1, -0.05) is 29.8 Å². The van der Waals surface area contributed by atoms with Crippen molar-refractivity contribution in [1.29, 1.82) is 0 Å². The lowest BCUT2D eigenvalue weighted by Gasteiger charge is -2.13. The summed E-state index contributed by atoms with van der Waals surface area (Å²) in [5.74, 6) is 0.765. The standard InChI is InChI=1S/C16H14ClF2N3O2/c1-23-9-15-21-11-7-20-14(17)6-12(11)22(15)8-10-4-2-3-5-13(10)24-16(18)19/h2-7,16H,8-9H2,1H3. The number of halogens is 3. The molecule has 0 N–H and O–H groups in total. The number of pyridine rings is 1. The molecule has 0 atom stereocenters. The molecule has 0 radical (unpaired) electrons. The molecule has 0 saturated carbocycles. The zero-order valence-corrected chi connectivity index (χ0v) is 13.5. The van der Waals surface area contributed by atoms with E-state index in [4.69, 9.17) is 16.3 Å². The molecule has 0 aliphatic carbocycles. The van der Waals surface area contributed by atoms with E-state index in [0.29, 0.717) is 28.6 Å². The Bertz CT molecular complexity index is 854. The van der Waals surface area contributed by atoms with Crippen molar-refractivity contribution in [3.63, 3.8) is 0 Å². The third-order valence-corrected chi connectivity index (χ3v) is 3.68. The van der Waals surface area contributed by atoms with Gasteiger partial charge in [0.15, 0.2) is 0 Å². The number of aromatic nitrogens is 3. The second kappa shape index (κ2) is 7.11. The molecule has 2 heterocycles. The number of rotatable bonds is 6. The fourth-order valence-corrected chi connectivity index (χ4v) is 2.64. The quantitative estimate of drug-likeness (QED) is 0.631. The average molecular weight is 354 g/mol. The number of para-hydroxylation sites is 1. The van der Waals surface area contributed by atoms with Crippen LogP contribution in [-0.4, -0.2) is 28.3 Å². The molecule has 0 aliphatic heterocycles. The lowest BCUT2D eigenvalue weighted by molar-refractivity contribution is -0.0504.